The highest BCUT2D eigenvalue weighted by Crippen LogP contribution is 2.56. The Hall–Kier alpha value is -11.8. The summed E-state index contributed by atoms with van der Waals surface area (Å²) in [4.78, 5) is 79.9. The van der Waals surface area contributed by atoms with Crippen LogP contribution in [0.5, 0.6) is 69.0 Å². The minimum absolute atomic E-state index is 0.000317. The number of carbonyl (C=O) groups is 6. The number of hydrogen-bond donors (Lipinski definition) is 2. The number of benzene rings is 8. The van der Waals surface area contributed by atoms with Gasteiger partial charge in [0.2, 0.25) is 0 Å². The number of unbranched alkanes of at least 4 members (excludes halogenated alkanes) is 6. The Labute approximate surface area is 706 Å². The number of aromatic carboxylic acids is 2. The zero-order valence-corrected chi connectivity index (χ0v) is 74.4. The SMILES string of the molecule is CCCCOc1cc(OC)c(-c2c(C)c(-c3cc(C(=O)OC)c(OCCCC)cc3OC)c(C)c(-c3c(C)c(C(=O)O)c(OCCCC)c(C)c3OC)c2C)cc1C(=O)O.CCCCOc1cc(OC)c(-c2c(C)c(-c3cc(C(=O)OC)c(OCCCC)cc3OC)c(C)c(-c3cc(C(=O)OC)c(OCCCC)cc3OC)c2C)cc1C(=O)OC. The van der Waals surface area contributed by atoms with Gasteiger partial charge in [0.05, 0.1) is 111 Å². The quantitative estimate of drug-likeness (QED) is 0.0204. The Morgan fingerprint density at radius 1 is 0.242 bits per heavy atom. The molecule has 0 saturated heterocycles. The maximum atomic E-state index is 13.4. The molecule has 8 rings (SSSR count). The average Bonchev–Trinajstić information content (AvgIpc) is 0.723. The molecule has 0 bridgehead atoms. The number of hydrogen-bond acceptors (Lipinski definition) is 22. The van der Waals surface area contributed by atoms with Crippen LogP contribution < -0.4 is 56.8 Å². The van der Waals surface area contributed by atoms with E-state index in [1.54, 1.807) is 95.8 Å². The van der Waals surface area contributed by atoms with Gasteiger partial charge < -0.3 is 86.0 Å². The molecule has 0 aliphatic rings. The lowest BCUT2D eigenvalue weighted by molar-refractivity contribution is 0.0586. The molecule has 8 aromatic carbocycles. The van der Waals surface area contributed by atoms with Gasteiger partial charge >= 0.3 is 35.8 Å². The van der Waals surface area contributed by atoms with Crippen molar-refractivity contribution in [2.75, 3.05) is 111 Å². The molecule has 24 nitrogen and oxygen atoms in total. The predicted octanol–water partition coefficient (Wildman–Crippen LogP) is 21.5. The topological polar surface area (TPSA) is 291 Å². The lowest BCUT2D eigenvalue weighted by atomic mass is 9.78. The summed E-state index contributed by atoms with van der Waals surface area (Å²) in [6.07, 6.45) is 9.85. The number of ether oxygens (including phenoxy) is 16. The second-order valence-corrected chi connectivity index (χ2v) is 28.9. The first kappa shape index (κ1) is 95.3. The summed E-state index contributed by atoms with van der Waals surface area (Å²) in [5.41, 5.74) is 13.2. The van der Waals surface area contributed by atoms with E-state index in [0.29, 0.717) is 192 Å². The number of carbonyl (C=O) groups excluding carboxylic acids is 4. The molecule has 0 aromatic heterocycles. The van der Waals surface area contributed by atoms with E-state index in [4.69, 9.17) is 75.8 Å². The van der Waals surface area contributed by atoms with Gasteiger partial charge in [0, 0.05) is 69.3 Å². The van der Waals surface area contributed by atoms with Crippen LogP contribution in [0.4, 0.5) is 0 Å². The minimum atomic E-state index is -1.19. The fraction of sp³-hybridized carbons (Fsp3) is 0.438. The third-order valence-electron chi connectivity index (χ3n) is 21.3. The van der Waals surface area contributed by atoms with Gasteiger partial charge in [-0.1, -0.05) is 80.1 Å². The smallest absolute Gasteiger partial charge is 0.341 e. The van der Waals surface area contributed by atoms with Crippen LogP contribution in [-0.4, -0.2) is 157 Å². The summed E-state index contributed by atoms with van der Waals surface area (Å²) in [7, 11) is 14.5. The van der Waals surface area contributed by atoms with Gasteiger partial charge in [0.25, 0.3) is 0 Å². The lowest BCUT2D eigenvalue weighted by Gasteiger charge is -2.28. The zero-order valence-electron chi connectivity index (χ0n) is 74.4. The highest BCUT2D eigenvalue weighted by Gasteiger charge is 2.36. The molecule has 648 valence electrons. The van der Waals surface area contributed by atoms with Crippen molar-refractivity contribution in [1.82, 2.24) is 0 Å². The van der Waals surface area contributed by atoms with Crippen LogP contribution in [0.1, 0.15) is 225 Å². The third-order valence-corrected chi connectivity index (χ3v) is 21.3. The molecule has 8 aromatic rings. The summed E-state index contributed by atoms with van der Waals surface area (Å²) in [5.74, 6) is -0.589. The fourth-order valence-corrected chi connectivity index (χ4v) is 15.2. The van der Waals surface area contributed by atoms with Crippen molar-refractivity contribution in [3.05, 3.63) is 139 Å². The number of methoxy groups -OCH3 is 10. The van der Waals surface area contributed by atoms with Crippen LogP contribution in [0.15, 0.2) is 60.7 Å². The molecule has 0 heterocycles. The average molecular weight is 1660 g/mol. The Balaban J connectivity index is 0.000000331. The standard InChI is InChI=1S/2C48H60O12/c1-13-16-19-58-40-25-37(52-7)31(22-34(40)46(49)55-10)43-28(4)44(32-23-35(47(50)56-11)41(26-38(32)53-8)59-20-17-14-2)30(6)45(29(43)5)33-24-36(48(51)57-12)42(27-39(33)54-9)60-21-18-15-3;1-13-16-19-58-37-24-35(54-9)31(22-33(37)46(49)50)39-26(4)40(32-23-34(48(53)57-12)38(25-36(32)55-10)59-20-17-14-2)28(6)41(27(39)5)42-29(7)43(47(51)52)45(60-21-18-15-3)30(8)44(42)56-11/h22-27H,13-21H2,1-12H3;22-25H,13-21H2,1-12H3,(H,49,50)(H,51,52). The van der Waals surface area contributed by atoms with E-state index >= 15 is 0 Å². The molecular weight excluding hydrogens is 1540 g/mol. The normalized spacial score (nSPS) is 10.9. The second kappa shape index (κ2) is 44.8. The monoisotopic (exact) mass is 1660 g/mol. The van der Waals surface area contributed by atoms with Crippen molar-refractivity contribution in [2.24, 2.45) is 0 Å². The Kier molecular flexibility index (Phi) is 35.6. The van der Waals surface area contributed by atoms with E-state index in [2.05, 4.69) is 20.8 Å². The van der Waals surface area contributed by atoms with E-state index < -0.39 is 35.8 Å². The molecule has 24 heteroatoms. The molecule has 0 aliphatic heterocycles. The van der Waals surface area contributed by atoms with Gasteiger partial charge in [0.15, 0.2) is 0 Å². The van der Waals surface area contributed by atoms with Crippen LogP contribution in [0.25, 0.3) is 66.8 Å². The first-order valence-corrected chi connectivity index (χ1v) is 40.8. The first-order valence-electron chi connectivity index (χ1n) is 40.8. The Bertz CT molecular complexity index is 4760. The Morgan fingerprint density at radius 2 is 0.467 bits per heavy atom. The van der Waals surface area contributed by atoms with Gasteiger partial charge in [-0.2, -0.15) is 0 Å². The summed E-state index contributed by atoms with van der Waals surface area (Å²) < 4.78 is 94.0. The minimum Gasteiger partial charge on any atom is -0.496 e. The van der Waals surface area contributed by atoms with E-state index in [1.165, 1.54) is 49.8 Å². The molecule has 0 atom stereocenters. The summed E-state index contributed by atoms with van der Waals surface area (Å²) in [6.45, 7) is 29.5. The molecule has 0 aliphatic carbocycles. The molecule has 0 amide bonds. The van der Waals surface area contributed by atoms with Gasteiger partial charge in [0.1, 0.15) is 102 Å². The summed E-state index contributed by atoms with van der Waals surface area (Å²) >= 11 is 0. The fourth-order valence-electron chi connectivity index (χ4n) is 15.2. The van der Waals surface area contributed by atoms with Crippen molar-refractivity contribution in [2.45, 2.75) is 174 Å². The third kappa shape index (κ3) is 20.7. The molecule has 0 spiro atoms. The van der Waals surface area contributed by atoms with E-state index in [1.807, 2.05) is 62.3 Å². The van der Waals surface area contributed by atoms with Crippen LogP contribution in [-0.2, 0) is 18.9 Å². The molecule has 0 saturated carbocycles. The van der Waals surface area contributed by atoms with Crippen LogP contribution in [0.3, 0.4) is 0 Å². The molecule has 0 radical (unpaired) electrons. The number of carboxylic acid groups (broad SMARTS) is 2. The van der Waals surface area contributed by atoms with Gasteiger partial charge in [-0.3, -0.25) is 0 Å². The molecule has 0 fully saturated rings. The largest absolute Gasteiger partial charge is 0.496 e. The first-order chi connectivity index (χ1) is 57.6. The number of rotatable bonds is 42. The summed E-state index contributed by atoms with van der Waals surface area (Å²) in [5, 5.41) is 21.3. The van der Waals surface area contributed by atoms with Crippen molar-refractivity contribution in [3.63, 3.8) is 0 Å². The molecule has 2 N–H and O–H groups in total. The highest BCUT2D eigenvalue weighted by molar-refractivity contribution is 6.06. The maximum absolute atomic E-state index is 13.4. The Morgan fingerprint density at radius 3 is 0.675 bits per heavy atom. The number of carboxylic acids is 2. The highest BCUT2D eigenvalue weighted by atomic mass is 16.6. The molecular formula is C96H120O24. The lowest BCUT2D eigenvalue weighted by Crippen LogP contribution is -2.12. The summed E-state index contributed by atoms with van der Waals surface area (Å²) in [6, 6.07) is 16.7. The maximum Gasteiger partial charge on any atom is 0.341 e. The van der Waals surface area contributed by atoms with E-state index in [0.717, 1.165) is 93.7 Å². The van der Waals surface area contributed by atoms with Crippen molar-refractivity contribution >= 4 is 35.8 Å². The molecule has 0 unspecified atom stereocenters. The van der Waals surface area contributed by atoms with Crippen LogP contribution in [0.2, 0.25) is 0 Å². The van der Waals surface area contributed by atoms with E-state index in [9.17, 15) is 39.0 Å². The van der Waals surface area contributed by atoms with Gasteiger partial charge in [-0.05, 0) is 197 Å². The second-order valence-electron chi connectivity index (χ2n) is 28.9. The predicted molar refractivity (Wildman–Crippen MR) is 464 cm³/mol. The van der Waals surface area contributed by atoms with Crippen molar-refractivity contribution in [1.29, 1.82) is 0 Å². The van der Waals surface area contributed by atoms with Gasteiger partial charge in [-0.25, -0.2) is 28.8 Å². The van der Waals surface area contributed by atoms with E-state index in [-0.39, 0.29) is 44.9 Å². The zero-order chi connectivity index (χ0) is 88.5. The van der Waals surface area contributed by atoms with Gasteiger partial charge in [-0.15, -0.1) is 0 Å². The van der Waals surface area contributed by atoms with Crippen molar-refractivity contribution in [3.8, 4) is 136 Å². The van der Waals surface area contributed by atoms with Crippen LogP contribution >= 0.6 is 0 Å². The number of esters is 4. The molecule has 120 heavy (non-hydrogen) atoms. The van der Waals surface area contributed by atoms with Crippen molar-refractivity contribution < 1.29 is 115 Å². The van der Waals surface area contributed by atoms with Crippen LogP contribution in [0, 0.1) is 55.4 Å².